The summed E-state index contributed by atoms with van der Waals surface area (Å²) in [5.41, 5.74) is -0.193. The van der Waals surface area contributed by atoms with Crippen LogP contribution in [0.3, 0.4) is 0 Å². The highest BCUT2D eigenvalue weighted by molar-refractivity contribution is 5.84. The number of carbonyl (C=O) groups is 2. The number of hydrogen-bond donors (Lipinski definition) is 1. The number of hydrogen-bond acceptors (Lipinski definition) is 3. The average molecular weight is 266 g/mol. The van der Waals surface area contributed by atoms with Gasteiger partial charge >= 0.3 is 0 Å². The normalized spacial score (nSPS) is 30.4. The van der Waals surface area contributed by atoms with E-state index in [0.29, 0.717) is 13.2 Å². The minimum atomic E-state index is -0.193. The van der Waals surface area contributed by atoms with Crippen LogP contribution in [-0.2, 0) is 14.3 Å². The van der Waals surface area contributed by atoms with Crippen LogP contribution in [0.4, 0.5) is 0 Å². The van der Waals surface area contributed by atoms with Gasteiger partial charge in [0.2, 0.25) is 11.8 Å². The van der Waals surface area contributed by atoms with Crippen molar-refractivity contribution in [3.05, 3.63) is 0 Å². The maximum Gasteiger partial charge on any atom is 0.228 e. The fraction of sp³-hybridized carbons (Fsp3) is 0.857. The van der Waals surface area contributed by atoms with Crippen molar-refractivity contribution in [2.24, 2.45) is 11.3 Å². The Morgan fingerprint density at radius 1 is 1.32 bits per heavy atom. The van der Waals surface area contributed by atoms with Crippen LogP contribution >= 0.6 is 0 Å². The van der Waals surface area contributed by atoms with Gasteiger partial charge in [0.1, 0.15) is 0 Å². The van der Waals surface area contributed by atoms with Gasteiger partial charge in [-0.25, -0.2) is 0 Å². The molecule has 3 rings (SSSR count). The predicted molar refractivity (Wildman–Crippen MR) is 69.4 cm³/mol. The van der Waals surface area contributed by atoms with Crippen LogP contribution in [0.2, 0.25) is 0 Å². The number of ether oxygens (including phenoxy) is 1. The van der Waals surface area contributed by atoms with Crippen molar-refractivity contribution in [3.63, 3.8) is 0 Å². The average Bonchev–Trinajstić information content (AvgIpc) is 2.96. The highest BCUT2D eigenvalue weighted by Crippen LogP contribution is 2.38. The zero-order chi connectivity index (χ0) is 13.3. The number of piperidine rings is 2. The Hall–Kier alpha value is -1.10. The molecule has 3 aliphatic heterocycles. The van der Waals surface area contributed by atoms with Gasteiger partial charge in [-0.15, -0.1) is 0 Å². The molecule has 0 saturated carbocycles. The van der Waals surface area contributed by atoms with E-state index in [9.17, 15) is 9.59 Å². The van der Waals surface area contributed by atoms with Crippen molar-refractivity contribution in [1.29, 1.82) is 0 Å². The molecule has 1 spiro atoms. The summed E-state index contributed by atoms with van der Waals surface area (Å²) in [4.78, 5) is 26.3. The van der Waals surface area contributed by atoms with Crippen LogP contribution in [0.5, 0.6) is 0 Å². The van der Waals surface area contributed by atoms with Crippen molar-refractivity contribution >= 4 is 11.8 Å². The van der Waals surface area contributed by atoms with Gasteiger partial charge < -0.3 is 15.0 Å². The van der Waals surface area contributed by atoms with Crippen LogP contribution in [0.15, 0.2) is 0 Å². The smallest absolute Gasteiger partial charge is 0.228 e. The Kier molecular flexibility index (Phi) is 3.48. The second-order valence-corrected chi connectivity index (χ2v) is 6.03. The Balaban J connectivity index is 1.59. The van der Waals surface area contributed by atoms with Gasteiger partial charge in [-0.3, -0.25) is 9.59 Å². The highest BCUT2D eigenvalue weighted by Gasteiger charge is 2.44. The first-order valence-electron chi connectivity index (χ1n) is 7.36. The monoisotopic (exact) mass is 266 g/mol. The Morgan fingerprint density at radius 3 is 2.74 bits per heavy atom. The number of amides is 2. The zero-order valence-corrected chi connectivity index (χ0v) is 11.3. The molecule has 106 valence electrons. The lowest BCUT2D eigenvalue weighted by molar-refractivity contribution is -0.144. The fourth-order valence-electron chi connectivity index (χ4n) is 3.55. The molecule has 3 heterocycles. The molecule has 1 N–H and O–H groups in total. The SMILES string of the molecule is O=C(C1CCOC1)N1CCC2(CCCNC2=O)CC1. The number of nitrogens with zero attached hydrogens (tertiary/aromatic N) is 1. The van der Waals surface area contributed by atoms with Gasteiger partial charge in [0.25, 0.3) is 0 Å². The molecular formula is C14H22N2O3. The van der Waals surface area contributed by atoms with Crippen LogP contribution < -0.4 is 5.32 Å². The van der Waals surface area contributed by atoms with Gasteiger partial charge in [-0.2, -0.15) is 0 Å². The van der Waals surface area contributed by atoms with E-state index in [1.807, 2.05) is 4.90 Å². The molecule has 0 aromatic rings. The molecule has 3 saturated heterocycles. The molecule has 5 nitrogen and oxygen atoms in total. The van der Waals surface area contributed by atoms with E-state index in [2.05, 4.69) is 5.32 Å². The Bertz CT molecular complexity index is 369. The van der Waals surface area contributed by atoms with Gasteiger partial charge in [0, 0.05) is 26.2 Å². The van der Waals surface area contributed by atoms with Crippen LogP contribution in [0, 0.1) is 11.3 Å². The number of nitrogens with one attached hydrogen (secondary N) is 1. The van der Waals surface area contributed by atoms with Gasteiger partial charge in [0.05, 0.1) is 17.9 Å². The summed E-state index contributed by atoms with van der Waals surface area (Å²) in [5, 5.41) is 2.98. The third-order valence-corrected chi connectivity index (χ3v) is 4.91. The minimum Gasteiger partial charge on any atom is -0.381 e. The van der Waals surface area contributed by atoms with E-state index < -0.39 is 0 Å². The molecule has 5 heteroatoms. The quantitative estimate of drug-likeness (QED) is 0.753. The molecule has 1 atom stereocenters. The summed E-state index contributed by atoms with van der Waals surface area (Å²) in [6.45, 7) is 3.53. The first kappa shape index (κ1) is 12.9. The molecular weight excluding hydrogens is 244 g/mol. The van der Waals surface area contributed by atoms with Gasteiger partial charge in [-0.05, 0) is 32.1 Å². The minimum absolute atomic E-state index is 0.0502. The third kappa shape index (κ3) is 2.36. The summed E-state index contributed by atoms with van der Waals surface area (Å²) in [7, 11) is 0. The van der Waals surface area contributed by atoms with Crippen molar-refractivity contribution < 1.29 is 14.3 Å². The van der Waals surface area contributed by atoms with Crippen molar-refractivity contribution in [2.75, 3.05) is 32.8 Å². The summed E-state index contributed by atoms with van der Waals surface area (Å²) >= 11 is 0. The molecule has 0 aromatic carbocycles. The van der Waals surface area contributed by atoms with E-state index in [0.717, 1.165) is 51.7 Å². The third-order valence-electron chi connectivity index (χ3n) is 4.91. The van der Waals surface area contributed by atoms with Gasteiger partial charge in [0.15, 0.2) is 0 Å². The molecule has 3 fully saturated rings. The van der Waals surface area contributed by atoms with Crippen LogP contribution in [0.1, 0.15) is 32.1 Å². The maximum absolute atomic E-state index is 12.3. The van der Waals surface area contributed by atoms with Crippen LogP contribution in [-0.4, -0.2) is 49.6 Å². The molecule has 0 aliphatic carbocycles. The molecule has 2 amide bonds. The van der Waals surface area contributed by atoms with E-state index in [1.54, 1.807) is 0 Å². The van der Waals surface area contributed by atoms with Gasteiger partial charge in [-0.1, -0.05) is 0 Å². The maximum atomic E-state index is 12.3. The molecule has 1 unspecified atom stereocenters. The first-order chi connectivity index (χ1) is 9.21. The molecule has 0 bridgehead atoms. The van der Waals surface area contributed by atoms with Crippen molar-refractivity contribution in [1.82, 2.24) is 10.2 Å². The van der Waals surface area contributed by atoms with E-state index in [-0.39, 0.29) is 23.1 Å². The second kappa shape index (κ2) is 5.12. The molecule has 0 aromatic heterocycles. The van der Waals surface area contributed by atoms with Crippen molar-refractivity contribution in [2.45, 2.75) is 32.1 Å². The summed E-state index contributed by atoms with van der Waals surface area (Å²) < 4.78 is 5.28. The first-order valence-corrected chi connectivity index (χ1v) is 7.36. The number of carbonyl (C=O) groups excluding carboxylic acids is 2. The lowest BCUT2D eigenvalue weighted by Gasteiger charge is -2.43. The van der Waals surface area contributed by atoms with Crippen LogP contribution in [0.25, 0.3) is 0 Å². The predicted octanol–water partition coefficient (Wildman–Crippen LogP) is 0.542. The molecule has 19 heavy (non-hydrogen) atoms. The fourth-order valence-corrected chi connectivity index (χ4v) is 3.55. The number of likely N-dealkylation sites (tertiary alicyclic amines) is 1. The highest BCUT2D eigenvalue weighted by atomic mass is 16.5. The largest absolute Gasteiger partial charge is 0.381 e. The van der Waals surface area contributed by atoms with E-state index in [4.69, 9.17) is 4.74 Å². The Labute approximate surface area is 113 Å². The topological polar surface area (TPSA) is 58.6 Å². The molecule has 3 aliphatic rings. The lowest BCUT2D eigenvalue weighted by atomic mass is 9.72. The lowest BCUT2D eigenvalue weighted by Crippen LogP contribution is -2.53. The number of rotatable bonds is 1. The zero-order valence-electron chi connectivity index (χ0n) is 11.3. The second-order valence-electron chi connectivity index (χ2n) is 6.03. The summed E-state index contributed by atoms with van der Waals surface area (Å²) in [5.74, 6) is 0.479. The molecule has 0 radical (unpaired) electrons. The summed E-state index contributed by atoms with van der Waals surface area (Å²) in [6, 6.07) is 0. The summed E-state index contributed by atoms with van der Waals surface area (Å²) in [6.07, 6.45) is 4.53. The van der Waals surface area contributed by atoms with Crippen molar-refractivity contribution in [3.8, 4) is 0 Å². The van der Waals surface area contributed by atoms with E-state index in [1.165, 1.54) is 0 Å². The standard InChI is InChI=1S/C14H22N2O3/c17-12(11-2-9-19-10-11)16-7-4-14(5-8-16)3-1-6-15-13(14)18/h11H,1-10H2,(H,15,18). The van der Waals surface area contributed by atoms with E-state index >= 15 is 0 Å². The Morgan fingerprint density at radius 2 is 2.11 bits per heavy atom.